The van der Waals surface area contributed by atoms with E-state index in [1.54, 1.807) is 19.1 Å². The first kappa shape index (κ1) is 17.4. The molecule has 3 atom stereocenters. The number of nitrogens with zero attached hydrogens (tertiary/aromatic N) is 1. The number of hydrogen-bond donors (Lipinski definition) is 1. The molecule has 2 bridgehead atoms. The van der Waals surface area contributed by atoms with Crippen molar-refractivity contribution in [3.05, 3.63) is 35.9 Å². The van der Waals surface area contributed by atoms with Crippen molar-refractivity contribution in [1.82, 2.24) is 4.90 Å². The Balaban J connectivity index is 1.36. The maximum absolute atomic E-state index is 13.0. The van der Waals surface area contributed by atoms with Gasteiger partial charge in [-0.2, -0.15) is 0 Å². The molecule has 0 radical (unpaired) electrons. The van der Waals surface area contributed by atoms with Crippen LogP contribution in [0.2, 0.25) is 0 Å². The number of allylic oxidation sites excluding steroid dienone is 2. The van der Waals surface area contributed by atoms with Crippen LogP contribution in [0.3, 0.4) is 0 Å². The Morgan fingerprint density at radius 2 is 1.96 bits per heavy atom. The average Bonchev–Trinajstić information content (AvgIpc) is 3.30. The van der Waals surface area contributed by atoms with Crippen LogP contribution >= 0.6 is 0 Å². The summed E-state index contributed by atoms with van der Waals surface area (Å²) in [5.74, 6) is 3.68. The fraction of sp³-hybridized carbons (Fsp3) is 0.571. The average molecular weight is 357 g/mol. The van der Waals surface area contributed by atoms with Gasteiger partial charge in [0.1, 0.15) is 0 Å². The maximum Gasteiger partial charge on any atom is 0.258 e. The Bertz CT molecular complexity index is 694. The summed E-state index contributed by atoms with van der Waals surface area (Å²) in [6, 6.07) is 5.49. The van der Waals surface area contributed by atoms with Gasteiger partial charge in [-0.15, -0.1) is 0 Å². The molecule has 1 aromatic carbocycles. The Hall–Kier alpha value is -2.01. The third-order valence-corrected chi connectivity index (χ3v) is 6.36. The van der Waals surface area contributed by atoms with Crippen molar-refractivity contribution in [2.24, 2.45) is 17.8 Å². The number of nitrogens with one attached hydrogen (secondary N) is 1. The molecule has 1 saturated heterocycles. The summed E-state index contributed by atoms with van der Waals surface area (Å²) in [5.41, 5.74) is 0.591. The lowest BCUT2D eigenvalue weighted by Crippen LogP contribution is -3.15. The van der Waals surface area contributed by atoms with Gasteiger partial charge in [0.15, 0.2) is 11.5 Å². The molecule has 140 valence electrons. The second kappa shape index (κ2) is 7.31. The molecule has 1 aromatic rings. The van der Waals surface area contributed by atoms with Gasteiger partial charge in [-0.25, -0.2) is 0 Å². The van der Waals surface area contributed by atoms with Gasteiger partial charge in [-0.05, 0) is 36.8 Å². The van der Waals surface area contributed by atoms with Crippen LogP contribution in [0, 0.1) is 17.8 Å². The number of benzene rings is 1. The fourth-order valence-electron chi connectivity index (χ4n) is 4.96. The predicted molar refractivity (Wildman–Crippen MR) is 99.9 cm³/mol. The molecule has 5 nitrogen and oxygen atoms in total. The zero-order valence-electron chi connectivity index (χ0n) is 15.7. The molecule has 2 fully saturated rings. The molecular formula is C21H29N2O3+. The van der Waals surface area contributed by atoms with Gasteiger partial charge in [0, 0.05) is 5.92 Å². The fourth-order valence-corrected chi connectivity index (χ4v) is 4.96. The SMILES string of the molecule is COc1cccc(C(=O)N2CC[NH+](C[C@H]3C[C@H]4C=C[C@H]3C4)CC2)c1OC. The molecule has 1 aliphatic heterocycles. The first-order chi connectivity index (χ1) is 12.7. The monoisotopic (exact) mass is 357 g/mol. The Morgan fingerprint density at radius 3 is 2.58 bits per heavy atom. The van der Waals surface area contributed by atoms with Gasteiger partial charge in [0.05, 0.1) is 52.5 Å². The molecule has 4 rings (SSSR count). The van der Waals surface area contributed by atoms with Crippen molar-refractivity contribution in [1.29, 1.82) is 0 Å². The summed E-state index contributed by atoms with van der Waals surface area (Å²) < 4.78 is 10.8. The lowest BCUT2D eigenvalue weighted by molar-refractivity contribution is -0.907. The van der Waals surface area contributed by atoms with E-state index in [1.807, 2.05) is 23.1 Å². The third kappa shape index (κ3) is 3.20. The minimum atomic E-state index is 0.0441. The zero-order valence-corrected chi connectivity index (χ0v) is 15.7. The first-order valence-corrected chi connectivity index (χ1v) is 9.71. The Morgan fingerprint density at radius 1 is 1.15 bits per heavy atom. The Labute approximate surface area is 155 Å². The van der Waals surface area contributed by atoms with Crippen LogP contribution in [0.4, 0.5) is 0 Å². The summed E-state index contributed by atoms with van der Waals surface area (Å²) in [6.07, 6.45) is 7.59. The minimum Gasteiger partial charge on any atom is -0.493 e. The van der Waals surface area contributed by atoms with Crippen LogP contribution in [0.15, 0.2) is 30.4 Å². The number of para-hydroxylation sites is 1. The number of piperazine rings is 1. The highest BCUT2D eigenvalue weighted by Crippen LogP contribution is 2.42. The highest BCUT2D eigenvalue weighted by Gasteiger charge is 2.38. The standard InChI is InChI=1S/C21H28N2O3/c1-25-19-5-3-4-18(20(19)26-2)21(24)23-10-8-22(9-11-23)14-17-13-15-6-7-16(17)12-15/h3-7,15-17H,8-14H2,1-2H3/p+1/t15-,16-,17+/m0/s1. The molecule has 1 N–H and O–H groups in total. The number of rotatable bonds is 5. The van der Waals surface area contributed by atoms with Crippen molar-refractivity contribution in [3.8, 4) is 11.5 Å². The molecular weight excluding hydrogens is 328 g/mol. The molecule has 1 saturated carbocycles. The smallest absolute Gasteiger partial charge is 0.258 e. The van der Waals surface area contributed by atoms with Gasteiger partial charge in [0.2, 0.25) is 0 Å². The maximum atomic E-state index is 13.0. The Kier molecular flexibility index (Phi) is 4.90. The lowest BCUT2D eigenvalue weighted by atomic mass is 9.93. The second-order valence-corrected chi connectivity index (χ2v) is 7.83. The minimum absolute atomic E-state index is 0.0441. The molecule has 3 aliphatic rings. The van der Waals surface area contributed by atoms with Crippen LogP contribution in [-0.2, 0) is 0 Å². The summed E-state index contributed by atoms with van der Waals surface area (Å²) in [7, 11) is 3.18. The predicted octanol–water partition coefficient (Wildman–Crippen LogP) is 1.26. The third-order valence-electron chi connectivity index (χ3n) is 6.36. The van der Waals surface area contributed by atoms with Crippen molar-refractivity contribution >= 4 is 5.91 Å². The molecule has 5 heteroatoms. The topological polar surface area (TPSA) is 43.2 Å². The summed E-state index contributed by atoms with van der Waals surface area (Å²) in [6.45, 7) is 4.96. The molecule has 1 amide bonds. The van der Waals surface area contributed by atoms with Gasteiger partial charge in [-0.1, -0.05) is 18.2 Å². The number of quaternary nitrogens is 1. The van der Waals surface area contributed by atoms with Crippen molar-refractivity contribution in [2.45, 2.75) is 12.8 Å². The van der Waals surface area contributed by atoms with Crippen molar-refractivity contribution in [2.75, 3.05) is 46.9 Å². The van der Waals surface area contributed by atoms with Crippen molar-refractivity contribution < 1.29 is 19.2 Å². The van der Waals surface area contributed by atoms with E-state index >= 15 is 0 Å². The van der Waals surface area contributed by atoms with Crippen LogP contribution < -0.4 is 14.4 Å². The van der Waals surface area contributed by atoms with E-state index in [-0.39, 0.29) is 5.91 Å². The molecule has 0 spiro atoms. The molecule has 0 aromatic heterocycles. The zero-order chi connectivity index (χ0) is 18.1. The number of amides is 1. The van der Waals surface area contributed by atoms with E-state index in [0.717, 1.165) is 43.9 Å². The summed E-state index contributed by atoms with van der Waals surface area (Å²) in [5, 5.41) is 0. The number of carbonyl (C=O) groups excluding carboxylic acids is 1. The highest BCUT2D eigenvalue weighted by atomic mass is 16.5. The van der Waals surface area contributed by atoms with E-state index < -0.39 is 0 Å². The van der Waals surface area contributed by atoms with E-state index in [4.69, 9.17) is 9.47 Å². The van der Waals surface area contributed by atoms with Crippen LogP contribution in [-0.4, -0.2) is 57.8 Å². The van der Waals surface area contributed by atoms with E-state index in [2.05, 4.69) is 12.2 Å². The van der Waals surface area contributed by atoms with E-state index in [9.17, 15) is 4.79 Å². The molecule has 0 unspecified atom stereocenters. The highest BCUT2D eigenvalue weighted by molar-refractivity contribution is 5.97. The van der Waals surface area contributed by atoms with Gasteiger partial charge in [-0.3, -0.25) is 4.79 Å². The number of carbonyl (C=O) groups is 1. The van der Waals surface area contributed by atoms with Crippen molar-refractivity contribution in [3.63, 3.8) is 0 Å². The molecule has 26 heavy (non-hydrogen) atoms. The number of fused-ring (bicyclic) bond motifs is 2. The lowest BCUT2D eigenvalue weighted by Gasteiger charge is -2.34. The molecule has 1 heterocycles. The summed E-state index contributed by atoms with van der Waals surface area (Å²) in [4.78, 5) is 16.6. The van der Waals surface area contributed by atoms with E-state index in [1.165, 1.54) is 19.4 Å². The second-order valence-electron chi connectivity index (χ2n) is 7.83. The van der Waals surface area contributed by atoms with Crippen LogP contribution in [0.1, 0.15) is 23.2 Å². The van der Waals surface area contributed by atoms with Crippen LogP contribution in [0.25, 0.3) is 0 Å². The van der Waals surface area contributed by atoms with Gasteiger partial charge >= 0.3 is 0 Å². The largest absolute Gasteiger partial charge is 0.493 e. The molecule has 2 aliphatic carbocycles. The number of ether oxygens (including phenoxy) is 2. The van der Waals surface area contributed by atoms with E-state index in [0.29, 0.717) is 17.1 Å². The quantitative estimate of drug-likeness (QED) is 0.807. The van der Waals surface area contributed by atoms with Gasteiger partial charge in [0.25, 0.3) is 5.91 Å². The van der Waals surface area contributed by atoms with Gasteiger partial charge < -0.3 is 19.3 Å². The number of hydrogen-bond acceptors (Lipinski definition) is 3. The first-order valence-electron chi connectivity index (χ1n) is 9.71. The van der Waals surface area contributed by atoms with Crippen LogP contribution in [0.5, 0.6) is 11.5 Å². The summed E-state index contributed by atoms with van der Waals surface area (Å²) >= 11 is 0. The number of methoxy groups -OCH3 is 2. The normalized spacial score (nSPS) is 27.8.